The van der Waals surface area contributed by atoms with Crippen LogP contribution in [-0.2, 0) is 19.6 Å². The van der Waals surface area contributed by atoms with Gasteiger partial charge >= 0.3 is 5.97 Å². The highest BCUT2D eigenvalue weighted by Crippen LogP contribution is 2.17. The van der Waals surface area contributed by atoms with Gasteiger partial charge in [-0.15, -0.1) is 0 Å². The van der Waals surface area contributed by atoms with Crippen LogP contribution in [-0.4, -0.2) is 38.5 Å². The van der Waals surface area contributed by atoms with E-state index in [1.807, 2.05) is 0 Å². The van der Waals surface area contributed by atoms with Gasteiger partial charge in [-0.05, 0) is 31.2 Å². The summed E-state index contributed by atoms with van der Waals surface area (Å²) >= 11 is 0. The minimum Gasteiger partial charge on any atom is -0.478 e. The molecule has 0 unspecified atom stereocenters. The Morgan fingerprint density at radius 3 is 2.81 bits per heavy atom. The van der Waals surface area contributed by atoms with Gasteiger partial charge in [0.2, 0.25) is 10.0 Å². The Morgan fingerprint density at radius 1 is 1.48 bits per heavy atom. The lowest BCUT2D eigenvalue weighted by atomic mass is 10.2. The lowest BCUT2D eigenvalue weighted by Gasteiger charge is -2.09. The molecule has 0 saturated heterocycles. The van der Waals surface area contributed by atoms with Crippen molar-refractivity contribution in [2.45, 2.75) is 6.92 Å². The first-order chi connectivity index (χ1) is 9.84. The van der Waals surface area contributed by atoms with Crippen molar-refractivity contribution in [1.82, 2.24) is 0 Å². The minimum atomic E-state index is -3.61. The molecule has 0 heterocycles. The van der Waals surface area contributed by atoms with E-state index in [9.17, 15) is 17.6 Å². The number of aliphatic carboxylic acids is 1. The number of halogens is 1. The molecule has 0 aliphatic rings. The molecule has 21 heavy (non-hydrogen) atoms. The van der Waals surface area contributed by atoms with Gasteiger partial charge in [0, 0.05) is 23.9 Å². The van der Waals surface area contributed by atoms with Crippen LogP contribution in [0.3, 0.4) is 0 Å². The van der Waals surface area contributed by atoms with E-state index in [2.05, 4.69) is 4.72 Å². The van der Waals surface area contributed by atoms with Crippen molar-refractivity contribution in [2.24, 2.45) is 0 Å². The standard InChI is InChI=1S/C13H16FNO5S/c1-2-20-7-8-21(18,19)15-11-4-5-12(14)10(9-11)3-6-13(16)17/h3-6,9,15H,2,7-8H2,1H3,(H,16,17)/b6-3+. The van der Waals surface area contributed by atoms with Crippen LogP contribution in [0, 0.1) is 5.82 Å². The molecule has 116 valence electrons. The molecule has 0 radical (unpaired) electrons. The molecule has 0 aliphatic heterocycles. The van der Waals surface area contributed by atoms with E-state index in [-0.39, 0.29) is 23.6 Å². The Hall–Kier alpha value is -1.93. The van der Waals surface area contributed by atoms with Crippen molar-refractivity contribution in [3.05, 3.63) is 35.7 Å². The monoisotopic (exact) mass is 317 g/mol. The van der Waals surface area contributed by atoms with Crippen molar-refractivity contribution < 1.29 is 27.4 Å². The highest BCUT2D eigenvalue weighted by Gasteiger charge is 2.11. The lowest BCUT2D eigenvalue weighted by molar-refractivity contribution is -0.131. The fraction of sp³-hybridized carbons (Fsp3) is 0.308. The quantitative estimate of drug-likeness (QED) is 0.562. The van der Waals surface area contributed by atoms with Crippen molar-refractivity contribution in [3.8, 4) is 0 Å². The third-order valence-electron chi connectivity index (χ3n) is 2.38. The molecule has 0 spiro atoms. The normalized spacial score (nSPS) is 11.7. The number of sulfonamides is 1. The number of benzene rings is 1. The van der Waals surface area contributed by atoms with E-state index in [0.717, 1.165) is 18.2 Å². The zero-order chi connectivity index (χ0) is 15.9. The zero-order valence-electron chi connectivity index (χ0n) is 11.4. The molecule has 6 nitrogen and oxygen atoms in total. The Balaban J connectivity index is 2.85. The predicted octanol–water partition coefficient (Wildman–Crippen LogP) is 1.70. The van der Waals surface area contributed by atoms with Crippen LogP contribution in [0.5, 0.6) is 0 Å². The fourth-order valence-corrected chi connectivity index (χ4v) is 2.37. The SMILES string of the molecule is CCOCCS(=O)(=O)Nc1ccc(F)c(/C=C/C(=O)O)c1. The predicted molar refractivity (Wildman–Crippen MR) is 77.0 cm³/mol. The summed E-state index contributed by atoms with van der Waals surface area (Å²) in [6.07, 6.45) is 1.82. The maximum atomic E-state index is 13.5. The van der Waals surface area contributed by atoms with Gasteiger partial charge in [-0.1, -0.05) is 0 Å². The second-order valence-corrected chi connectivity index (χ2v) is 5.87. The molecule has 0 aliphatic carbocycles. The molecule has 2 N–H and O–H groups in total. The van der Waals surface area contributed by atoms with Crippen molar-refractivity contribution >= 4 is 27.8 Å². The average molecular weight is 317 g/mol. The van der Waals surface area contributed by atoms with Gasteiger partial charge in [-0.2, -0.15) is 0 Å². The fourth-order valence-electron chi connectivity index (χ4n) is 1.44. The Kier molecular flexibility index (Phi) is 6.32. The smallest absolute Gasteiger partial charge is 0.328 e. The summed E-state index contributed by atoms with van der Waals surface area (Å²) in [4.78, 5) is 10.4. The van der Waals surface area contributed by atoms with Crippen molar-refractivity contribution in [2.75, 3.05) is 23.7 Å². The second kappa shape index (κ2) is 7.75. The van der Waals surface area contributed by atoms with Gasteiger partial charge in [-0.25, -0.2) is 17.6 Å². The van der Waals surface area contributed by atoms with Crippen LogP contribution in [0.4, 0.5) is 10.1 Å². The molecule has 0 saturated carbocycles. The maximum Gasteiger partial charge on any atom is 0.328 e. The highest BCUT2D eigenvalue weighted by atomic mass is 32.2. The van der Waals surface area contributed by atoms with E-state index in [0.29, 0.717) is 6.61 Å². The second-order valence-electron chi connectivity index (χ2n) is 4.03. The molecule has 8 heteroatoms. The lowest BCUT2D eigenvalue weighted by Crippen LogP contribution is -2.20. The van der Waals surface area contributed by atoms with Crippen molar-refractivity contribution in [1.29, 1.82) is 0 Å². The summed E-state index contributed by atoms with van der Waals surface area (Å²) in [6.45, 7) is 2.22. The Labute approximate surface area is 122 Å². The number of anilines is 1. The summed E-state index contributed by atoms with van der Waals surface area (Å²) < 4.78 is 44.2. The van der Waals surface area contributed by atoms with Gasteiger partial charge in [0.25, 0.3) is 0 Å². The summed E-state index contributed by atoms with van der Waals surface area (Å²) in [7, 11) is -3.61. The van der Waals surface area contributed by atoms with Gasteiger partial charge in [-0.3, -0.25) is 4.72 Å². The van der Waals surface area contributed by atoms with Crippen LogP contribution in [0.15, 0.2) is 24.3 Å². The number of nitrogens with one attached hydrogen (secondary N) is 1. The number of rotatable bonds is 8. The molecule has 1 aromatic rings. The van der Waals surface area contributed by atoms with Crippen LogP contribution in [0.25, 0.3) is 6.08 Å². The largest absolute Gasteiger partial charge is 0.478 e. The van der Waals surface area contributed by atoms with E-state index < -0.39 is 21.8 Å². The molecule has 0 fully saturated rings. The first-order valence-corrected chi connectivity index (χ1v) is 7.78. The topological polar surface area (TPSA) is 92.7 Å². The first kappa shape index (κ1) is 17.1. The van der Waals surface area contributed by atoms with Gasteiger partial charge < -0.3 is 9.84 Å². The van der Waals surface area contributed by atoms with Gasteiger partial charge in [0.15, 0.2) is 0 Å². The van der Waals surface area contributed by atoms with Crippen LogP contribution < -0.4 is 4.72 Å². The molecular formula is C13H16FNO5S. The molecule has 0 bridgehead atoms. The zero-order valence-corrected chi connectivity index (χ0v) is 12.2. The molecule has 0 aromatic heterocycles. The number of hydrogen-bond donors (Lipinski definition) is 2. The summed E-state index contributed by atoms with van der Waals surface area (Å²) in [6, 6.07) is 3.53. The Bertz CT molecular complexity index is 627. The van der Waals surface area contributed by atoms with Crippen LogP contribution in [0.1, 0.15) is 12.5 Å². The highest BCUT2D eigenvalue weighted by molar-refractivity contribution is 7.92. The third kappa shape index (κ3) is 6.37. The number of carboxylic acids is 1. The van der Waals surface area contributed by atoms with Gasteiger partial charge in [0.05, 0.1) is 12.4 Å². The molecule has 1 aromatic carbocycles. The number of carbonyl (C=O) groups is 1. The van der Waals surface area contributed by atoms with E-state index in [1.54, 1.807) is 6.92 Å². The number of carboxylic acid groups (broad SMARTS) is 1. The first-order valence-electron chi connectivity index (χ1n) is 6.13. The maximum absolute atomic E-state index is 13.5. The molecule has 0 atom stereocenters. The van der Waals surface area contributed by atoms with Gasteiger partial charge in [0.1, 0.15) is 5.82 Å². The summed E-state index contributed by atoms with van der Waals surface area (Å²) in [5, 5.41) is 8.51. The van der Waals surface area contributed by atoms with E-state index in [4.69, 9.17) is 9.84 Å². The summed E-state index contributed by atoms with van der Waals surface area (Å²) in [5.41, 5.74) is 0.125. The number of ether oxygens (including phenoxy) is 1. The Morgan fingerprint density at radius 2 is 2.19 bits per heavy atom. The van der Waals surface area contributed by atoms with Crippen LogP contribution >= 0.6 is 0 Å². The number of hydrogen-bond acceptors (Lipinski definition) is 4. The molecule has 0 amide bonds. The van der Waals surface area contributed by atoms with Crippen molar-refractivity contribution in [3.63, 3.8) is 0 Å². The minimum absolute atomic E-state index is 0.0255. The molecular weight excluding hydrogens is 301 g/mol. The van der Waals surface area contributed by atoms with E-state index in [1.165, 1.54) is 12.1 Å². The summed E-state index contributed by atoms with van der Waals surface area (Å²) in [5.74, 6) is -2.10. The van der Waals surface area contributed by atoms with E-state index >= 15 is 0 Å². The van der Waals surface area contributed by atoms with Crippen LogP contribution in [0.2, 0.25) is 0 Å². The average Bonchev–Trinajstić information content (AvgIpc) is 2.39. The third-order valence-corrected chi connectivity index (χ3v) is 3.63. The molecule has 1 rings (SSSR count).